The summed E-state index contributed by atoms with van der Waals surface area (Å²) in [6.07, 6.45) is 12.1. The fraction of sp³-hybridized carbons (Fsp3) is 0.895. The van der Waals surface area contributed by atoms with Crippen molar-refractivity contribution in [1.29, 1.82) is 0 Å². The van der Waals surface area contributed by atoms with Crippen LogP contribution in [0.5, 0.6) is 0 Å². The third kappa shape index (κ3) is 3.56. The Morgan fingerprint density at radius 2 is 1.65 bits per heavy atom. The Labute approximate surface area is 139 Å². The molecule has 4 nitrogen and oxygen atoms in total. The predicted octanol–water partition coefficient (Wildman–Crippen LogP) is 2.72. The Bertz CT molecular complexity index is 468. The van der Waals surface area contributed by atoms with Gasteiger partial charge in [-0.15, -0.1) is 0 Å². The van der Waals surface area contributed by atoms with Crippen LogP contribution in [0, 0.1) is 23.7 Å². The molecule has 2 amide bonds. The Balaban J connectivity index is 1.25. The van der Waals surface area contributed by atoms with E-state index in [-0.39, 0.29) is 17.7 Å². The highest BCUT2D eigenvalue weighted by Gasteiger charge is 2.45. The second-order valence-electron chi connectivity index (χ2n) is 8.31. The van der Waals surface area contributed by atoms with Crippen molar-refractivity contribution < 1.29 is 9.59 Å². The summed E-state index contributed by atoms with van der Waals surface area (Å²) < 4.78 is 0. The molecule has 4 heteroatoms. The molecule has 1 N–H and O–H groups in total. The normalized spacial score (nSPS) is 35.0. The van der Waals surface area contributed by atoms with Crippen molar-refractivity contribution in [2.45, 2.75) is 70.3 Å². The fourth-order valence-corrected chi connectivity index (χ4v) is 4.74. The number of carbonyl (C=O) groups excluding carboxylic acids is 2. The van der Waals surface area contributed by atoms with E-state index in [4.69, 9.17) is 0 Å². The van der Waals surface area contributed by atoms with Gasteiger partial charge in [-0.3, -0.25) is 9.59 Å². The minimum atomic E-state index is 0.0269. The van der Waals surface area contributed by atoms with Gasteiger partial charge in [0.25, 0.3) is 0 Å². The van der Waals surface area contributed by atoms with E-state index in [0.717, 1.165) is 44.1 Å². The highest BCUT2D eigenvalue weighted by molar-refractivity contribution is 5.83. The van der Waals surface area contributed by atoms with Crippen LogP contribution in [0.2, 0.25) is 0 Å². The van der Waals surface area contributed by atoms with Gasteiger partial charge in [-0.1, -0.05) is 32.1 Å². The van der Waals surface area contributed by atoms with Gasteiger partial charge in [0.2, 0.25) is 11.8 Å². The summed E-state index contributed by atoms with van der Waals surface area (Å²) in [6.45, 7) is 1.51. The van der Waals surface area contributed by atoms with E-state index in [1.54, 1.807) is 0 Å². The van der Waals surface area contributed by atoms with Gasteiger partial charge in [0.1, 0.15) is 0 Å². The van der Waals surface area contributed by atoms with Crippen LogP contribution >= 0.6 is 0 Å². The number of rotatable bonds is 4. The Kier molecular flexibility index (Phi) is 4.33. The molecule has 0 radical (unpaired) electrons. The fourth-order valence-electron chi connectivity index (χ4n) is 4.74. The topological polar surface area (TPSA) is 49.4 Å². The maximum atomic E-state index is 12.6. The first-order chi connectivity index (χ1) is 11.2. The second-order valence-corrected chi connectivity index (χ2v) is 8.31. The summed E-state index contributed by atoms with van der Waals surface area (Å²) in [4.78, 5) is 26.8. The summed E-state index contributed by atoms with van der Waals surface area (Å²) >= 11 is 0. The first-order valence-corrected chi connectivity index (χ1v) is 9.81. The molecule has 1 heterocycles. The third-order valence-electron chi connectivity index (χ3n) is 6.45. The molecule has 1 saturated heterocycles. The Morgan fingerprint density at radius 3 is 2.39 bits per heavy atom. The average molecular weight is 318 g/mol. The number of hydrogen-bond acceptors (Lipinski definition) is 2. The smallest absolute Gasteiger partial charge is 0.225 e. The molecule has 1 aliphatic heterocycles. The molecule has 0 aromatic rings. The lowest BCUT2D eigenvalue weighted by atomic mass is 9.85. The monoisotopic (exact) mass is 318 g/mol. The van der Waals surface area contributed by atoms with Gasteiger partial charge >= 0.3 is 0 Å². The summed E-state index contributed by atoms with van der Waals surface area (Å²) in [5.74, 6) is 2.41. The lowest BCUT2D eigenvalue weighted by molar-refractivity contribution is -0.136. The van der Waals surface area contributed by atoms with Crippen LogP contribution in [-0.4, -0.2) is 35.8 Å². The maximum Gasteiger partial charge on any atom is 0.225 e. The molecule has 0 spiro atoms. The van der Waals surface area contributed by atoms with E-state index in [0.29, 0.717) is 18.5 Å². The standard InChI is InChI=1S/C19H30N2O2/c22-18(20-17-11-16(17)13-5-2-1-3-6-13)15-7-4-10-21(12-15)19(23)14-8-9-14/h13-17H,1-12H2,(H,20,22)/t15-,16+,17+/m0/s1. The highest BCUT2D eigenvalue weighted by atomic mass is 16.2. The first kappa shape index (κ1) is 15.5. The van der Waals surface area contributed by atoms with E-state index in [1.807, 2.05) is 4.90 Å². The van der Waals surface area contributed by atoms with Crippen molar-refractivity contribution in [3.63, 3.8) is 0 Å². The molecule has 128 valence electrons. The van der Waals surface area contributed by atoms with Crippen molar-refractivity contribution in [3.8, 4) is 0 Å². The Morgan fingerprint density at radius 1 is 0.870 bits per heavy atom. The number of amides is 2. The zero-order chi connectivity index (χ0) is 15.8. The number of nitrogens with one attached hydrogen (secondary N) is 1. The molecule has 4 rings (SSSR count). The average Bonchev–Trinajstić information content (AvgIpc) is 3.49. The molecule has 0 unspecified atom stereocenters. The minimum Gasteiger partial charge on any atom is -0.353 e. The van der Waals surface area contributed by atoms with Gasteiger partial charge in [-0.05, 0) is 43.9 Å². The summed E-state index contributed by atoms with van der Waals surface area (Å²) in [5, 5.41) is 3.30. The molecule has 0 bridgehead atoms. The van der Waals surface area contributed by atoms with Crippen LogP contribution in [-0.2, 0) is 9.59 Å². The number of hydrogen-bond donors (Lipinski definition) is 1. The molecule has 23 heavy (non-hydrogen) atoms. The molecule has 3 aliphatic carbocycles. The number of likely N-dealkylation sites (tertiary alicyclic amines) is 1. The van der Waals surface area contributed by atoms with Crippen molar-refractivity contribution >= 4 is 11.8 Å². The van der Waals surface area contributed by atoms with Crippen LogP contribution < -0.4 is 5.32 Å². The highest BCUT2D eigenvalue weighted by Crippen LogP contribution is 2.44. The van der Waals surface area contributed by atoms with Gasteiger partial charge in [0, 0.05) is 25.0 Å². The zero-order valence-electron chi connectivity index (χ0n) is 14.1. The predicted molar refractivity (Wildman–Crippen MR) is 88.6 cm³/mol. The lowest BCUT2D eigenvalue weighted by Crippen LogP contribution is -2.46. The molecule has 0 aromatic carbocycles. The second kappa shape index (κ2) is 6.45. The summed E-state index contributed by atoms with van der Waals surface area (Å²) in [5.41, 5.74) is 0. The maximum absolute atomic E-state index is 12.6. The van der Waals surface area contributed by atoms with Gasteiger partial charge in [0.15, 0.2) is 0 Å². The van der Waals surface area contributed by atoms with E-state index in [1.165, 1.54) is 38.5 Å². The molecule has 3 saturated carbocycles. The van der Waals surface area contributed by atoms with Crippen LogP contribution in [0.4, 0.5) is 0 Å². The Hall–Kier alpha value is -1.06. The first-order valence-electron chi connectivity index (χ1n) is 9.81. The van der Waals surface area contributed by atoms with Crippen molar-refractivity contribution in [2.24, 2.45) is 23.7 Å². The van der Waals surface area contributed by atoms with Gasteiger partial charge in [-0.2, -0.15) is 0 Å². The minimum absolute atomic E-state index is 0.0269. The summed E-state index contributed by atoms with van der Waals surface area (Å²) in [6, 6.07) is 0.431. The van der Waals surface area contributed by atoms with Crippen LogP contribution in [0.15, 0.2) is 0 Å². The van der Waals surface area contributed by atoms with Crippen molar-refractivity contribution in [1.82, 2.24) is 10.2 Å². The molecular formula is C19H30N2O2. The van der Waals surface area contributed by atoms with E-state index in [9.17, 15) is 9.59 Å². The van der Waals surface area contributed by atoms with Gasteiger partial charge < -0.3 is 10.2 Å². The van der Waals surface area contributed by atoms with Crippen LogP contribution in [0.1, 0.15) is 64.2 Å². The number of piperidine rings is 1. The van der Waals surface area contributed by atoms with Gasteiger partial charge in [0.05, 0.1) is 5.92 Å². The van der Waals surface area contributed by atoms with Crippen molar-refractivity contribution in [3.05, 3.63) is 0 Å². The summed E-state index contributed by atoms with van der Waals surface area (Å²) in [7, 11) is 0. The molecule has 4 aliphatic rings. The van der Waals surface area contributed by atoms with Crippen LogP contribution in [0.25, 0.3) is 0 Å². The zero-order valence-corrected chi connectivity index (χ0v) is 14.1. The lowest BCUT2D eigenvalue weighted by Gasteiger charge is -2.32. The van der Waals surface area contributed by atoms with Gasteiger partial charge in [-0.25, -0.2) is 0 Å². The third-order valence-corrected chi connectivity index (χ3v) is 6.45. The molecular weight excluding hydrogens is 288 g/mol. The molecule has 3 atom stereocenters. The molecule has 0 aromatic heterocycles. The van der Waals surface area contributed by atoms with E-state index < -0.39 is 0 Å². The number of carbonyl (C=O) groups is 2. The molecule has 4 fully saturated rings. The largest absolute Gasteiger partial charge is 0.353 e. The van der Waals surface area contributed by atoms with E-state index >= 15 is 0 Å². The quantitative estimate of drug-likeness (QED) is 0.866. The van der Waals surface area contributed by atoms with Crippen molar-refractivity contribution in [2.75, 3.05) is 13.1 Å². The number of nitrogens with zero attached hydrogens (tertiary/aromatic N) is 1. The SMILES string of the molecule is O=C(N[C@@H]1C[C@@H]1C1CCCCC1)[C@H]1CCCN(C(=O)C2CC2)C1. The van der Waals surface area contributed by atoms with E-state index in [2.05, 4.69) is 5.32 Å². The van der Waals surface area contributed by atoms with Crippen LogP contribution in [0.3, 0.4) is 0 Å².